The van der Waals surface area contributed by atoms with E-state index in [4.69, 9.17) is 0 Å². The molecule has 1 amide bonds. The Bertz CT molecular complexity index is 873. The van der Waals surface area contributed by atoms with Crippen molar-refractivity contribution in [3.05, 3.63) is 64.3 Å². The summed E-state index contributed by atoms with van der Waals surface area (Å²) in [6.45, 7) is 3.03. The monoisotopic (exact) mass is 391 g/mol. The van der Waals surface area contributed by atoms with E-state index in [1.807, 2.05) is 13.0 Å². The maximum Gasteiger partial charge on any atom is 0.278 e. The van der Waals surface area contributed by atoms with Gasteiger partial charge in [-0.05, 0) is 40.5 Å². The molecule has 0 bridgehead atoms. The number of carbonyl (C=O) groups is 1. The van der Waals surface area contributed by atoms with E-state index in [9.17, 15) is 9.18 Å². The first-order chi connectivity index (χ1) is 11.5. The molecule has 0 spiro atoms. The SMILES string of the molecule is CCn1cc(Br)c(C(=O)Nc2ccn(Cc3cccc(F)c3)n2)n1. The summed E-state index contributed by atoms with van der Waals surface area (Å²) in [4.78, 5) is 12.3. The number of rotatable bonds is 5. The van der Waals surface area contributed by atoms with Gasteiger partial charge in [-0.25, -0.2) is 4.39 Å². The quantitative estimate of drug-likeness (QED) is 0.725. The summed E-state index contributed by atoms with van der Waals surface area (Å²) in [5, 5.41) is 11.2. The van der Waals surface area contributed by atoms with Crippen LogP contribution < -0.4 is 5.32 Å². The van der Waals surface area contributed by atoms with Crippen molar-refractivity contribution >= 4 is 27.7 Å². The van der Waals surface area contributed by atoms with Crippen LogP contribution in [0.3, 0.4) is 0 Å². The number of benzene rings is 1. The normalized spacial score (nSPS) is 10.8. The topological polar surface area (TPSA) is 64.7 Å². The van der Waals surface area contributed by atoms with Gasteiger partial charge in [-0.3, -0.25) is 14.2 Å². The molecule has 2 heterocycles. The molecule has 0 saturated heterocycles. The summed E-state index contributed by atoms with van der Waals surface area (Å²) in [5.41, 5.74) is 1.09. The average molecular weight is 392 g/mol. The second-order valence-corrected chi connectivity index (χ2v) is 6.02. The number of anilines is 1. The summed E-state index contributed by atoms with van der Waals surface area (Å²) >= 11 is 3.32. The van der Waals surface area contributed by atoms with E-state index in [1.54, 1.807) is 33.9 Å². The summed E-state index contributed by atoms with van der Waals surface area (Å²) in [5.74, 6) is -0.219. The van der Waals surface area contributed by atoms with Crippen molar-refractivity contribution in [3.63, 3.8) is 0 Å². The molecule has 0 saturated carbocycles. The van der Waals surface area contributed by atoms with Gasteiger partial charge in [-0.2, -0.15) is 10.2 Å². The highest BCUT2D eigenvalue weighted by molar-refractivity contribution is 9.10. The number of amides is 1. The van der Waals surface area contributed by atoms with E-state index in [1.165, 1.54) is 12.1 Å². The van der Waals surface area contributed by atoms with E-state index >= 15 is 0 Å². The van der Waals surface area contributed by atoms with Crippen LogP contribution in [0.25, 0.3) is 0 Å². The zero-order valence-electron chi connectivity index (χ0n) is 12.9. The van der Waals surface area contributed by atoms with Gasteiger partial charge in [0.1, 0.15) is 5.82 Å². The van der Waals surface area contributed by atoms with Crippen molar-refractivity contribution in [2.75, 3.05) is 5.32 Å². The summed E-state index contributed by atoms with van der Waals surface area (Å²) in [6.07, 6.45) is 3.47. The van der Waals surface area contributed by atoms with Gasteiger partial charge in [0.2, 0.25) is 0 Å². The minimum absolute atomic E-state index is 0.287. The number of hydrogen-bond donors (Lipinski definition) is 1. The number of halogens is 2. The first-order valence-corrected chi connectivity index (χ1v) is 8.16. The molecule has 3 rings (SSSR count). The molecule has 0 aliphatic carbocycles. The van der Waals surface area contributed by atoms with Gasteiger partial charge in [0, 0.05) is 25.0 Å². The van der Waals surface area contributed by atoms with Crippen LogP contribution >= 0.6 is 15.9 Å². The molecule has 0 aliphatic heterocycles. The van der Waals surface area contributed by atoms with Crippen LogP contribution in [-0.4, -0.2) is 25.5 Å². The lowest BCUT2D eigenvalue weighted by Gasteiger charge is -2.02. The molecule has 24 heavy (non-hydrogen) atoms. The summed E-state index contributed by atoms with van der Waals surface area (Å²) in [7, 11) is 0. The predicted molar refractivity (Wildman–Crippen MR) is 91.3 cm³/mol. The molecule has 0 aliphatic rings. The number of aryl methyl sites for hydroxylation is 1. The van der Waals surface area contributed by atoms with Crippen LogP contribution in [0.1, 0.15) is 23.0 Å². The molecule has 124 valence electrons. The number of aromatic nitrogens is 4. The van der Waals surface area contributed by atoms with E-state index < -0.39 is 0 Å². The van der Waals surface area contributed by atoms with Crippen LogP contribution in [-0.2, 0) is 13.1 Å². The van der Waals surface area contributed by atoms with E-state index in [0.29, 0.717) is 29.1 Å². The van der Waals surface area contributed by atoms with Crippen molar-refractivity contribution in [1.29, 1.82) is 0 Å². The first kappa shape index (κ1) is 16.4. The largest absolute Gasteiger partial charge is 0.304 e. The Morgan fingerprint density at radius 1 is 1.29 bits per heavy atom. The highest BCUT2D eigenvalue weighted by atomic mass is 79.9. The molecule has 0 unspecified atom stereocenters. The number of nitrogens with zero attached hydrogens (tertiary/aromatic N) is 4. The molecule has 0 radical (unpaired) electrons. The number of nitrogens with one attached hydrogen (secondary N) is 1. The minimum atomic E-state index is -0.343. The van der Waals surface area contributed by atoms with Crippen molar-refractivity contribution in [3.8, 4) is 0 Å². The van der Waals surface area contributed by atoms with E-state index in [0.717, 1.165) is 5.56 Å². The van der Waals surface area contributed by atoms with Gasteiger partial charge < -0.3 is 5.32 Å². The molecular weight excluding hydrogens is 377 g/mol. The fourth-order valence-electron chi connectivity index (χ4n) is 2.23. The maximum absolute atomic E-state index is 13.2. The Kier molecular flexibility index (Phi) is 4.75. The third kappa shape index (κ3) is 3.70. The highest BCUT2D eigenvalue weighted by Gasteiger charge is 2.16. The third-order valence-electron chi connectivity index (χ3n) is 3.37. The second kappa shape index (κ2) is 6.96. The predicted octanol–water partition coefficient (Wildman–Crippen LogP) is 3.30. The smallest absolute Gasteiger partial charge is 0.278 e. The van der Waals surface area contributed by atoms with Crippen LogP contribution in [0.4, 0.5) is 10.2 Å². The first-order valence-electron chi connectivity index (χ1n) is 7.37. The molecular formula is C16H15BrFN5O. The molecule has 6 nitrogen and oxygen atoms in total. The second-order valence-electron chi connectivity index (χ2n) is 5.16. The van der Waals surface area contributed by atoms with Crippen molar-refractivity contribution < 1.29 is 9.18 Å². The van der Waals surface area contributed by atoms with Crippen LogP contribution in [0.15, 0.2) is 47.2 Å². The Hall–Kier alpha value is -2.48. The number of carbonyl (C=O) groups excluding carboxylic acids is 1. The fraction of sp³-hybridized carbons (Fsp3) is 0.188. The lowest BCUT2D eigenvalue weighted by atomic mass is 10.2. The minimum Gasteiger partial charge on any atom is -0.304 e. The van der Waals surface area contributed by atoms with Crippen molar-refractivity contribution in [2.45, 2.75) is 20.0 Å². The lowest BCUT2D eigenvalue weighted by molar-refractivity contribution is 0.102. The molecule has 3 aromatic rings. The van der Waals surface area contributed by atoms with Crippen LogP contribution in [0.2, 0.25) is 0 Å². The fourth-order valence-corrected chi connectivity index (χ4v) is 2.72. The molecule has 1 N–H and O–H groups in total. The van der Waals surface area contributed by atoms with Gasteiger partial charge in [0.15, 0.2) is 11.5 Å². The van der Waals surface area contributed by atoms with E-state index in [2.05, 4.69) is 31.4 Å². The van der Waals surface area contributed by atoms with Gasteiger partial charge in [-0.1, -0.05) is 12.1 Å². The summed E-state index contributed by atoms with van der Waals surface area (Å²) < 4.78 is 17.1. The Morgan fingerprint density at radius 3 is 2.83 bits per heavy atom. The highest BCUT2D eigenvalue weighted by Crippen LogP contribution is 2.16. The van der Waals surface area contributed by atoms with Crippen molar-refractivity contribution in [2.24, 2.45) is 0 Å². The van der Waals surface area contributed by atoms with Crippen LogP contribution in [0.5, 0.6) is 0 Å². The van der Waals surface area contributed by atoms with Gasteiger partial charge in [-0.15, -0.1) is 0 Å². The molecule has 0 fully saturated rings. The summed E-state index contributed by atoms with van der Waals surface area (Å²) in [6, 6.07) is 8.00. The Balaban J connectivity index is 1.69. The van der Waals surface area contributed by atoms with Crippen molar-refractivity contribution in [1.82, 2.24) is 19.6 Å². The standard InChI is InChI=1S/C16H15BrFN5O/c1-2-22-10-13(17)15(21-22)16(24)19-14-6-7-23(20-14)9-11-4-3-5-12(18)8-11/h3-8,10H,2,9H2,1H3,(H,19,20,24). The molecule has 1 aromatic carbocycles. The van der Waals surface area contributed by atoms with Crippen LogP contribution in [0, 0.1) is 5.82 Å². The van der Waals surface area contributed by atoms with Gasteiger partial charge in [0.25, 0.3) is 5.91 Å². The molecule has 2 aromatic heterocycles. The third-order valence-corrected chi connectivity index (χ3v) is 3.95. The maximum atomic E-state index is 13.2. The number of hydrogen-bond acceptors (Lipinski definition) is 3. The molecule has 8 heteroatoms. The Labute approximate surface area is 146 Å². The zero-order valence-corrected chi connectivity index (χ0v) is 14.5. The Morgan fingerprint density at radius 2 is 2.12 bits per heavy atom. The van der Waals surface area contributed by atoms with Gasteiger partial charge in [0.05, 0.1) is 11.0 Å². The average Bonchev–Trinajstić information content (AvgIpc) is 3.13. The zero-order chi connectivity index (χ0) is 17.1. The van der Waals surface area contributed by atoms with Gasteiger partial charge >= 0.3 is 0 Å². The molecule has 0 atom stereocenters. The lowest BCUT2D eigenvalue weighted by Crippen LogP contribution is -2.14. The van der Waals surface area contributed by atoms with E-state index in [-0.39, 0.29) is 11.7 Å².